The van der Waals surface area contributed by atoms with E-state index in [0.717, 1.165) is 5.57 Å². The van der Waals surface area contributed by atoms with Gasteiger partial charge in [-0.2, -0.15) is 4.76 Å². The van der Waals surface area contributed by atoms with Gasteiger partial charge in [0.15, 0.2) is 5.82 Å². The van der Waals surface area contributed by atoms with Crippen molar-refractivity contribution in [1.82, 2.24) is 14.8 Å². The van der Waals surface area contributed by atoms with Crippen LogP contribution < -0.4 is 4.67 Å². The molecule has 2 aliphatic rings. The van der Waals surface area contributed by atoms with Gasteiger partial charge in [-0.15, -0.1) is 0 Å². The molecule has 11 heteroatoms. The number of halogens is 2. The van der Waals surface area contributed by atoms with E-state index in [1.807, 2.05) is 52.5 Å². The van der Waals surface area contributed by atoms with Crippen molar-refractivity contribution in [1.29, 1.82) is 0 Å². The molecule has 1 amide bonds. The Labute approximate surface area is 258 Å². The Balaban J connectivity index is 2.05. The van der Waals surface area contributed by atoms with Crippen molar-refractivity contribution in [3.05, 3.63) is 82.4 Å². The van der Waals surface area contributed by atoms with Gasteiger partial charge in [-0.1, -0.05) is 50.2 Å². The summed E-state index contributed by atoms with van der Waals surface area (Å²) in [4.78, 5) is 25.7. The second-order valence-corrected chi connectivity index (χ2v) is 14.0. The minimum absolute atomic E-state index is 0.0640. The van der Waals surface area contributed by atoms with E-state index in [1.54, 1.807) is 40.5 Å². The molecular weight excluding hydrogens is 586 g/mol. The van der Waals surface area contributed by atoms with Gasteiger partial charge in [0.25, 0.3) is 7.44 Å². The lowest BCUT2D eigenvalue weighted by Crippen LogP contribution is -2.59. The minimum Gasteiger partial charge on any atom is -0.349 e. The number of anilines is 1. The zero-order valence-corrected chi connectivity index (χ0v) is 27.5. The summed E-state index contributed by atoms with van der Waals surface area (Å²) in [5.74, 6) is 0.110. The summed E-state index contributed by atoms with van der Waals surface area (Å²) in [6.45, 7) is 21.6. The highest BCUT2D eigenvalue weighted by Gasteiger charge is 2.43. The summed E-state index contributed by atoms with van der Waals surface area (Å²) in [6.07, 6.45) is 3.23. The van der Waals surface area contributed by atoms with E-state index in [-0.39, 0.29) is 40.2 Å². The highest BCUT2D eigenvalue weighted by molar-refractivity contribution is 7.64. The fourth-order valence-corrected chi connectivity index (χ4v) is 7.64. The van der Waals surface area contributed by atoms with Gasteiger partial charge in [-0.3, -0.25) is 19.0 Å². The second kappa shape index (κ2) is 12.6. The molecule has 0 radical (unpaired) electrons. The number of amidine groups is 1. The summed E-state index contributed by atoms with van der Waals surface area (Å²) in [5.41, 5.74) is 3.02. The van der Waals surface area contributed by atoms with E-state index in [9.17, 15) is 9.36 Å². The maximum atomic E-state index is 15.1. The van der Waals surface area contributed by atoms with Gasteiger partial charge in [0.1, 0.15) is 11.7 Å². The van der Waals surface area contributed by atoms with E-state index in [4.69, 9.17) is 21.3 Å². The molecular formula is C32H39ClFN6O2P. The third-order valence-corrected chi connectivity index (χ3v) is 9.85. The summed E-state index contributed by atoms with van der Waals surface area (Å²) >= 11 is 6.84. The Hall–Kier alpha value is -3.55. The summed E-state index contributed by atoms with van der Waals surface area (Å²) < 4.78 is 36.5. The van der Waals surface area contributed by atoms with Gasteiger partial charge >= 0.3 is 0 Å². The van der Waals surface area contributed by atoms with Gasteiger partial charge in [0, 0.05) is 37.4 Å². The average molecular weight is 625 g/mol. The molecule has 2 aromatic rings. The molecule has 1 saturated heterocycles. The lowest BCUT2D eigenvalue weighted by atomic mass is 10.0. The zero-order chi connectivity index (χ0) is 31.8. The molecule has 2 aliphatic heterocycles. The minimum atomic E-state index is -3.61. The van der Waals surface area contributed by atoms with Crippen LogP contribution in [0.25, 0.3) is 11.3 Å². The van der Waals surface area contributed by atoms with Gasteiger partial charge in [0.2, 0.25) is 5.91 Å². The van der Waals surface area contributed by atoms with Crippen molar-refractivity contribution in [2.75, 3.05) is 24.4 Å². The van der Waals surface area contributed by atoms with Crippen LogP contribution in [0.5, 0.6) is 0 Å². The van der Waals surface area contributed by atoms with E-state index < -0.39 is 13.3 Å². The first-order chi connectivity index (χ1) is 20.3. The second-order valence-electron chi connectivity index (χ2n) is 11.3. The SMILES string of the molecule is C=CC(=O)N1C[C@H](C)N(C2=N[P@@](C)(=O)N(C(/C(C)=C\C)=C(/N=C)C(C)C)c3nc(-c4ccccc4F)c(Cl)cc32)C[C@H]1C. The Kier molecular flexibility index (Phi) is 9.48. The Morgan fingerprint density at radius 3 is 2.47 bits per heavy atom. The number of pyridine rings is 1. The quantitative estimate of drug-likeness (QED) is 0.143. The third-order valence-electron chi connectivity index (χ3n) is 7.87. The Morgan fingerprint density at radius 1 is 1.21 bits per heavy atom. The van der Waals surface area contributed by atoms with Crippen LogP contribution in [0, 0.1) is 11.7 Å². The number of allylic oxidation sites excluding steroid dienone is 3. The number of aromatic nitrogens is 1. The van der Waals surface area contributed by atoms with Crippen LogP contribution in [0.3, 0.4) is 0 Å². The molecule has 3 atom stereocenters. The van der Waals surface area contributed by atoms with E-state index in [1.165, 1.54) is 12.1 Å². The fraction of sp³-hybridized carbons (Fsp3) is 0.375. The molecule has 0 bridgehead atoms. The molecule has 4 rings (SSSR count). The number of nitrogens with zero attached hydrogens (tertiary/aromatic N) is 6. The topological polar surface area (TPSA) is 81.5 Å². The summed E-state index contributed by atoms with van der Waals surface area (Å²) in [7, 11) is -3.61. The zero-order valence-electron chi connectivity index (χ0n) is 25.8. The van der Waals surface area contributed by atoms with Gasteiger partial charge in [-0.05, 0) is 70.2 Å². The highest BCUT2D eigenvalue weighted by Crippen LogP contribution is 2.59. The largest absolute Gasteiger partial charge is 0.349 e. The molecule has 1 aromatic carbocycles. The maximum absolute atomic E-state index is 15.1. The van der Waals surface area contributed by atoms with Crippen LogP contribution >= 0.6 is 19.0 Å². The van der Waals surface area contributed by atoms with Gasteiger partial charge in [-0.25, -0.2) is 9.37 Å². The molecule has 0 saturated carbocycles. The van der Waals surface area contributed by atoms with Crippen LogP contribution in [-0.2, 0) is 9.36 Å². The first-order valence-electron chi connectivity index (χ1n) is 14.2. The van der Waals surface area contributed by atoms with E-state index in [0.29, 0.717) is 41.7 Å². The molecule has 8 nitrogen and oxygen atoms in total. The van der Waals surface area contributed by atoms with Crippen LogP contribution in [-0.4, -0.2) is 65.1 Å². The van der Waals surface area contributed by atoms with Crippen LogP contribution in [0.4, 0.5) is 10.2 Å². The number of hydrogen-bond acceptors (Lipinski definition) is 5. The maximum Gasteiger partial charge on any atom is 0.285 e. The molecule has 0 aliphatic carbocycles. The molecule has 0 N–H and O–H groups in total. The van der Waals surface area contributed by atoms with Crippen molar-refractivity contribution < 1.29 is 13.8 Å². The van der Waals surface area contributed by atoms with Crippen LogP contribution in [0.15, 0.2) is 75.8 Å². The number of carbonyl (C=O) groups is 1. The molecule has 1 fully saturated rings. The van der Waals surface area contributed by atoms with E-state index >= 15 is 4.39 Å². The number of piperazine rings is 1. The van der Waals surface area contributed by atoms with Crippen molar-refractivity contribution in [3.8, 4) is 11.3 Å². The number of benzene rings is 1. The number of hydrogen-bond donors (Lipinski definition) is 0. The number of amides is 1. The van der Waals surface area contributed by atoms with Gasteiger partial charge in [0.05, 0.1) is 27.7 Å². The Morgan fingerprint density at radius 2 is 1.88 bits per heavy atom. The first kappa shape index (κ1) is 32.4. The fourth-order valence-electron chi connectivity index (χ4n) is 5.59. The number of aliphatic imine (C=N–C) groups is 1. The number of carbonyl (C=O) groups excluding carboxylic acids is 1. The molecule has 0 spiro atoms. The smallest absolute Gasteiger partial charge is 0.285 e. The van der Waals surface area contributed by atoms with Crippen molar-refractivity contribution >= 4 is 43.3 Å². The summed E-state index contributed by atoms with van der Waals surface area (Å²) in [6, 6.07) is 7.66. The Bertz CT molecular complexity index is 1620. The average Bonchev–Trinajstić information content (AvgIpc) is 2.96. The van der Waals surface area contributed by atoms with Crippen LogP contribution in [0.1, 0.15) is 47.1 Å². The summed E-state index contributed by atoms with van der Waals surface area (Å²) in [5, 5.41) is 0.227. The third kappa shape index (κ3) is 5.98. The number of fused-ring (bicyclic) bond motifs is 1. The van der Waals surface area contributed by atoms with Crippen molar-refractivity contribution in [2.24, 2.45) is 15.7 Å². The lowest BCUT2D eigenvalue weighted by molar-refractivity contribution is -0.130. The normalized spacial score (nSPS) is 23.1. The van der Waals surface area contributed by atoms with Crippen molar-refractivity contribution in [3.63, 3.8) is 0 Å². The molecule has 3 heterocycles. The standard InChI is InChI=1S/C32H39ClFN6O2P/c1-10-20(5)30(28(35-8)19(3)4)40-31-24(16-25(33)29(36-31)23-14-12-13-15-26(23)34)32(37-43(40,9)42)39-18-21(6)38(17-22(39)7)27(41)11-2/h10-16,19,21-22H,2,8,17-18H2,1,3-7,9H3/b20-10-,30-28+/t21-,22+,43-/m1/s1. The highest BCUT2D eigenvalue weighted by atomic mass is 35.5. The van der Waals surface area contributed by atoms with Crippen molar-refractivity contribution in [2.45, 2.75) is 53.6 Å². The lowest BCUT2D eigenvalue weighted by Gasteiger charge is -2.47. The predicted molar refractivity (Wildman–Crippen MR) is 176 cm³/mol. The first-order valence-corrected chi connectivity index (χ1v) is 16.7. The van der Waals surface area contributed by atoms with E-state index in [2.05, 4.69) is 18.3 Å². The molecule has 43 heavy (non-hydrogen) atoms. The van der Waals surface area contributed by atoms with Gasteiger partial charge < -0.3 is 9.80 Å². The predicted octanol–water partition coefficient (Wildman–Crippen LogP) is 7.57. The monoisotopic (exact) mass is 624 g/mol. The van der Waals surface area contributed by atoms with Crippen LogP contribution in [0.2, 0.25) is 5.02 Å². The molecule has 1 aromatic heterocycles. The number of rotatable bonds is 6. The molecule has 0 unspecified atom stereocenters. The molecule has 228 valence electrons.